The van der Waals surface area contributed by atoms with E-state index in [1.54, 1.807) is 0 Å². The zero-order valence-electron chi connectivity index (χ0n) is 12.1. The van der Waals surface area contributed by atoms with Gasteiger partial charge in [-0.2, -0.15) is 0 Å². The van der Waals surface area contributed by atoms with Crippen LogP contribution in [0.3, 0.4) is 0 Å². The highest BCUT2D eigenvalue weighted by atomic mass is 16.5. The minimum absolute atomic E-state index is 0.136. The quantitative estimate of drug-likeness (QED) is 0.396. The Labute approximate surface area is 110 Å². The molecular formula is C15H24O3. The van der Waals surface area contributed by atoms with Gasteiger partial charge in [0, 0.05) is 0 Å². The van der Waals surface area contributed by atoms with Crippen LogP contribution in [0.1, 0.15) is 47.0 Å². The second-order valence-electron chi connectivity index (χ2n) is 4.66. The molecule has 0 bridgehead atoms. The first kappa shape index (κ1) is 16.6. The first-order valence-corrected chi connectivity index (χ1v) is 6.28. The van der Waals surface area contributed by atoms with E-state index in [-0.39, 0.29) is 5.78 Å². The number of allylic oxidation sites excluding steroid dienone is 4. The number of Topliss-reactive ketones (excluding diaryl/α,β-unsaturated/α-hetero) is 1. The lowest BCUT2D eigenvalue weighted by atomic mass is 9.93. The van der Waals surface area contributed by atoms with Crippen LogP contribution >= 0.6 is 0 Å². The number of ether oxygens (including phenoxy) is 1. The molecule has 1 atom stereocenters. The van der Waals surface area contributed by atoms with E-state index in [0.717, 1.165) is 18.4 Å². The van der Waals surface area contributed by atoms with Crippen LogP contribution in [0.25, 0.3) is 0 Å². The van der Waals surface area contributed by atoms with Crippen molar-refractivity contribution < 1.29 is 14.3 Å². The van der Waals surface area contributed by atoms with Crippen molar-refractivity contribution in [3.63, 3.8) is 0 Å². The van der Waals surface area contributed by atoms with Crippen LogP contribution in [0.5, 0.6) is 0 Å². The molecule has 0 aliphatic heterocycles. The molecule has 0 N–H and O–H groups in total. The van der Waals surface area contributed by atoms with Crippen molar-refractivity contribution in [2.24, 2.45) is 5.92 Å². The monoisotopic (exact) mass is 252 g/mol. The van der Waals surface area contributed by atoms with Crippen molar-refractivity contribution in [3.05, 3.63) is 23.3 Å². The maximum atomic E-state index is 11.5. The summed E-state index contributed by atoms with van der Waals surface area (Å²) in [6.07, 6.45) is 6.42. The molecule has 3 heteroatoms. The minimum Gasteiger partial charge on any atom is -0.468 e. The van der Waals surface area contributed by atoms with Crippen LogP contribution in [0, 0.1) is 5.92 Å². The fourth-order valence-electron chi connectivity index (χ4n) is 1.71. The summed E-state index contributed by atoms with van der Waals surface area (Å²) in [4.78, 5) is 22.9. The Morgan fingerprint density at radius 1 is 1.22 bits per heavy atom. The molecule has 0 aromatic carbocycles. The van der Waals surface area contributed by atoms with Crippen LogP contribution < -0.4 is 0 Å². The third-order valence-corrected chi connectivity index (χ3v) is 2.87. The summed E-state index contributed by atoms with van der Waals surface area (Å²) in [7, 11) is 1.32. The first-order valence-electron chi connectivity index (χ1n) is 6.28. The molecule has 3 nitrogen and oxygen atoms in total. The van der Waals surface area contributed by atoms with E-state index in [4.69, 9.17) is 0 Å². The molecule has 0 heterocycles. The van der Waals surface area contributed by atoms with E-state index < -0.39 is 11.9 Å². The Morgan fingerprint density at radius 2 is 1.83 bits per heavy atom. The standard InChI is InChI=1S/C15H24O3/c1-6-13(9-7-8-11(2)3)10-14(12(4)16)15(17)18-5/h6,8,14H,7,9-10H2,1-5H3/b13-6+. The SMILES string of the molecule is C/C=C(\CCC=C(C)C)CC(C(C)=O)C(=O)OC. The van der Waals surface area contributed by atoms with Crippen molar-refractivity contribution in [1.29, 1.82) is 0 Å². The zero-order valence-corrected chi connectivity index (χ0v) is 12.1. The molecule has 1 unspecified atom stereocenters. The second-order valence-corrected chi connectivity index (χ2v) is 4.66. The molecule has 0 fully saturated rings. The van der Waals surface area contributed by atoms with Crippen molar-refractivity contribution in [2.75, 3.05) is 7.11 Å². The van der Waals surface area contributed by atoms with Gasteiger partial charge in [-0.05, 0) is 47.0 Å². The summed E-state index contributed by atoms with van der Waals surface area (Å²) in [5, 5.41) is 0. The summed E-state index contributed by atoms with van der Waals surface area (Å²) in [6, 6.07) is 0. The maximum absolute atomic E-state index is 11.5. The predicted octanol–water partition coefficient (Wildman–Crippen LogP) is 3.45. The summed E-state index contributed by atoms with van der Waals surface area (Å²) in [6.45, 7) is 7.49. The molecule has 0 saturated heterocycles. The number of esters is 1. The fraction of sp³-hybridized carbons (Fsp3) is 0.600. The van der Waals surface area contributed by atoms with Gasteiger partial charge in [0.05, 0.1) is 7.11 Å². The van der Waals surface area contributed by atoms with Gasteiger partial charge in [-0.25, -0.2) is 0 Å². The molecule has 0 aliphatic carbocycles. The Hall–Kier alpha value is -1.38. The van der Waals surface area contributed by atoms with Gasteiger partial charge in [-0.3, -0.25) is 9.59 Å². The molecular weight excluding hydrogens is 228 g/mol. The lowest BCUT2D eigenvalue weighted by molar-refractivity contribution is -0.148. The molecule has 0 radical (unpaired) electrons. The van der Waals surface area contributed by atoms with Crippen LogP contribution in [0.15, 0.2) is 23.3 Å². The molecule has 0 aliphatic rings. The Bertz CT molecular complexity index is 347. The predicted molar refractivity (Wildman–Crippen MR) is 73.2 cm³/mol. The van der Waals surface area contributed by atoms with E-state index in [0.29, 0.717) is 6.42 Å². The third-order valence-electron chi connectivity index (χ3n) is 2.87. The maximum Gasteiger partial charge on any atom is 0.316 e. The normalized spacial score (nSPS) is 12.8. The highest BCUT2D eigenvalue weighted by Crippen LogP contribution is 2.19. The molecule has 0 aromatic rings. The van der Waals surface area contributed by atoms with Crippen LogP contribution in [0.4, 0.5) is 0 Å². The summed E-state index contributed by atoms with van der Waals surface area (Å²) in [5.41, 5.74) is 2.40. The van der Waals surface area contributed by atoms with Crippen LogP contribution in [-0.4, -0.2) is 18.9 Å². The Kier molecular flexibility index (Phi) is 8.01. The molecule has 0 rings (SSSR count). The van der Waals surface area contributed by atoms with Gasteiger partial charge in [0.1, 0.15) is 11.7 Å². The number of methoxy groups -OCH3 is 1. The van der Waals surface area contributed by atoms with Gasteiger partial charge in [0.15, 0.2) is 0 Å². The van der Waals surface area contributed by atoms with Crippen LogP contribution in [-0.2, 0) is 14.3 Å². The third kappa shape index (κ3) is 6.38. The van der Waals surface area contributed by atoms with E-state index in [1.807, 2.05) is 13.0 Å². The summed E-state index contributed by atoms with van der Waals surface area (Å²) >= 11 is 0. The van der Waals surface area contributed by atoms with Gasteiger partial charge in [-0.1, -0.05) is 23.3 Å². The van der Waals surface area contributed by atoms with Crippen LogP contribution in [0.2, 0.25) is 0 Å². The summed E-state index contributed by atoms with van der Waals surface area (Å²) in [5.74, 6) is -1.24. The smallest absolute Gasteiger partial charge is 0.316 e. The zero-order chi connectivity index (χ0) is 14.1. The average Bonchev–Trinajstić information content (AvgIpc) is 2.31. The number of ketones is 1. The minimum atomic E-state index is -0.659. The van der Waals surface area contributed by atoms with Crippen molar-refractivity contribution in [3.8, 4) is 0 Å². The summed E-state index contributed by atoms with van der Waals surface area (Å²) < 4.78 is 4.66. The molecule has 0 aromatic heterocycles. The highest BCUT2D eigenvalue weighted by Gasteiger charge is 2.24. The van der Waals surface area contributed by atoms with Gasteiger partial charge in [0.25, 0.3) is 0 Å². The molecule has 0 saturated carbocycles. The number of carbonyl (C=O) groups excluding carboxylic acids is 2. The lowest BCUT2D eigenvalue weighted by Gasteiger charge is -2.13. The van der Waals surface area contributed by atoms with Gasteiger partial charge in [-0.15, -0.1) is 0 Å². The van der Waals surface area contributed by atoms with Gasteiger partial charge in [0.2, 0.25) is 0 Å². The number of hydrogen-bond donors (Lipinski definition) is 0. The highest BCUT2D eigenvalue weighted by molar-refractivity contribution is 5.97. The largest absolute Gasteiger partial charge is 0.468 e. The van der Waals surface area contributed by atoms with E-state index in [9.17, 15) is 9.59 Å². The van der Waals surface area contributed by atoms with E-state index >= 15 is 0 Å². The fourth-order valence-corrected chi connectivity index (χ4v) is 1.71. The van der Waals surface area contributed by atoms with Gasteiger partial charge >= 0.3 is 5.97 Å². The molecule has 0 spiro atoms. The molecule has 102 valence electrons. The van der Waals surface area contributed by atoms with E-state index in [2.05, 4.69) is 24.7 Å². The van der Waals surface area contributed by atoms with E-state index in [1.165, 1.54) is 19.6 Å². The Morgan fingerprint density at radius 3 is 2.22 bits per heavy atom. The molecule has 0 amide bonds. The number of carbonyl (C=O) groups is 2. The Balaban J connectivity index is 4.54. The van der Waals surface area contributed by atoms with Crippen molar-refractivity contribution >= 4 is 11.8 Å². The van der Waals surface area contributed by atoms with Crippen molar-refractivity contribution in [1.82, 2.24) is 0 Å². The topological polar surface area (TPSA) is 43.4 Å². The van der Waals surface area contributed by atoms with Crippen molar-refractivity contribution in [2.45, 2.75) is 47.0 Å². The van der Waals surface area contributed by atoms with Gasteiger partial charge < -0.3 is 4.74 Å². The average molecular weight is 252 g/mol. The molecule has 18 heavy (non-hydrogen) atoms. The second kappa shape index (κ2) is 8.67. The number of rotatable bonds is 7. The first-order chi connectivity index (χ1) is 8.42. The number of hydrogen-bond acceptors (Lipinski definition) is 3. The lowest BCUT2D eigenvalue weighted by Crippen LogP contribution is -2.23.